The molecule has 2 atom stereocenters. The van der Waals surface area contributed by atoms with Crippen molar-refractivity contribution in [2.24, 2.45) is 5.92 Å². The van der Waals surface area contributed by atoms with Gasteiger partial charge in [0.1, 0.15) is 0 Å². The van der Waals surface area contributed by atoms with E-state index in [1.165, 1.54) is 38.5 Å². The Morgan fingerprint density at radius 3 is 2.81 bits per heavy atom. The number of rotatable bonds is 10. The number of aromatic nitrogens is 2. The van der Waals surface area contributed by atoms with E-state index in [1.54, 1.807) is 0 Å². The zero-order chi connectivity index (χ0) is 18.9. The van der Waals surface area contributed by atoms with Crippen molar-refractivity contribution >= 4 is 5.97 Å². The Bertz CT molecular complexity index is 565. The van der Waals surface area contributed by atoms with Gasteiger partial charge >= 0.3 is 5.97 Å². The summed E-state index contributed by atoms with van der Waals surface area (Å²) < 4.78 is 10.9. The fourth-order valence-electron chi connectivity index (χ4n) is 4.29. The SMILES string of the molecule is O=C(O)C[C@@H](CCCC1CCCCC1)c1nc(CNC2CCCOC2)no1. The first-order chi connectivity index (χ1) is 13.2. The van der Waals surface area contributed by atoms with Crippen molar-refractivity contribution in [2.75, 3.05) is 13.2 Å². The van der Waals surface area contributed by atoms with Gasteiger partial charge in [-0.3, -0.25) is 4.79 Å². The van der Waals surface area contributed by atoms with Gasteiger partial charge in [-0.05, 0) is 25.2 Å². The van der Waals surface area contributed by atoms with E-state index in [4.69, 9.17) is 9.26 Å². The number of carbonyl (C=O) groups is 1. The highest BCUT2D eigenvalue weighted by atomic mass is 16.5. The molecule has 0 amide bonds. The standard InChI is InChI=1S/C20H33N3O4/c24-19(25)12-16(9-4-8-15-6-2-1-3-7-15)20-22-18(23-27-20)13-21-17-10-5-11-26-14-17/h15-17,21H,1-14H2,(H,24,25)/t16-,17?/m1/s1. The quantitative estimate of drug-likeness (QED) is 0.640. The normalized spacial score (nSPS) is 22.6. The van der Waals surface area contributed by atoms with Crippen molar-refractivity contribution in [3.63, 3.8) is 0 Å². The first kappa shape index (κ1) is 20.3. The lowest BCUT2D eigenvalue weighted by atomic mass is 9.84. The molecule has 152 valence electrons. The predicted octanol–water partition coefficient (Wildman–Crippen LogP) is 3.65. The van der Waals surface area contributed by atoms with Crippen LogP contribution in [-0.4, -0.2) is 40.5 Å². The van der Waals surface area contributed by atoms with Gasteiger partial charge in [0.15, 0.2) is 5.82 Å². The topological polar surface area (TPSA) is 97.5 Å². The zero-order valence-electron chi connectivity index (χ0n) is 16.2. The number of nitrogens with one attached hydrogen (secondary N) is 1. The van der Waals surface area contributed by atoms with Crippen LogP contribution < -0.4 is 5.32 Å². The number of ether oxygens (including phenoxy) is 1. The first-order valence-electron chi connectivity index (χ1n) is 10.6. The summed E-state index contributed by atoms with van der Waals surface area (Å²) in [5.41, 5.74) is 0. The molecule has 1 unspecified atom stereocenters. The van der Waals surface area contributed by atoms with Crippen LogP contribution >= 0.6 is 0 Å². The van der Waals surface area contributed by atoms with Gasteiger partial charge in [-0.2, -0.15) is 4.98 Å². The molecule has 1 aliphatic heterocycles. The van der Waals surface area contributed by atoms with Gasteiger partial charge in [0.25, 0.3) is 0 Å². The van der Waals surface area contributed by atoms with Crippen molar-refractivity contribution in [3.8, 4) is 0 Å². The van der Waals surface area contributed by atoms with E-state index in [0.29, 0.717) is 30.9 Å². The number of carboxylic acid groups (broad SMARTS) is 1. The molecule has 0 aromatic carbocycles. The van der Waals surface area contributed by atoms with E-state index in [9.17, 15) is 9.90 Å². The van der Waals surface area contributed by atoms with Crippen LogP contribution in [0.25, 0.3) is 0 Å². The zero-order valence-corrected chi connectivity index (χ0v) is 16.2. The van der Waals surface area contributed by atoms with Gasteiger partial charge in [-0.25, -0.2) is 0 Å². The maximum atomic E-state index is 11.3. The van der Waals surface area contributed by atoms with E-state index in [1.807, 2.05) is 0 Å². The molecule has 2 N–H and O–H groups in total. The summed E-state index contributed by atoms with van der Waals surface area (Å²) in [6.45, 7) is 2.08. The fraction of sp³-hybridized carbons (Fsp3) is 0.850. The Morgan fingerprint density at radius 1 is 1.22 bits per heavy atom. The summed E-state index contributed by atoms with van der Waals surface area (Å²) in [6.07, 6.45) is 11.9. The minimum atomic E-state index is -0.810. The number of carboxylic acids is 1. The molecule has 0 spiro atoms. The van der Waals surface area contributed by atoms with E-state index in [0.717, 1.165) is 38.2 Å². The lowest BCUT2D eigenvalue weighted by molar-refractivity contribution is -0.137. The summed E-state index contributed by atoms with van der Waals surface area (Å²) in [5.74, 6) is 0.876. The van der Waals surface area contributed by atoms with Crippen molar-refractivity contribution in [2.45, 2.75) is 89.1 Å². The molecule has 2 fully saturated rings. The van der Waals surface area contributed by atoms with Crippen molar-refractivity contribution in [3.05, 3.63) is 11.7 Å². The van der Waals surface area contributed by atoms with Crippen LogP contribution in [0.15, 0.2) is 4.52 Å². The van der Waals surface area contributed by atoms with Crippen molar-refractivity contribution < 1.29 is 19.2 Å². The van der Waals surface area contributed by atoms with Gasteiger partial charge in [-0.15, -0.1) is 0 Å². The molecule has 1 aromatic heterocycles. The molecule has 27 heavy (non-hydrogen) atoms. The Balaban J connectivity index is 1.47. The van der Waals surface area contributed by atoms with Crippen molar-refractivity contribution in [1.29, 1.82) is 0 Å². The van der Waals surface area contributed by atoms with E-state index >= 15 is 0 Å². The molecule has 7 heteroatoms. The van der Waals surface area contributed by atoms with Gasteiger partial charge in [0.05, 0.1) is 19.6 Å². The highest BCUT2D eigenvalue weighted by Crippen LogP contribution is 2.31. The molecule has 1 saturated carbocycles. The maximum Gasteiger partial charge on any atom is 0.304 e. The van der Waals surface area contributed by atoms with Crippen LogP contribution in [-0.2, 0) is 16.1 Å². The molecule has 7 nitrogen and oxygen atoms in total. The van der Waals surface area contributed by atoms with Gasteiger partial charge in [0.2, 0.25) is 5.89 Å². The Kier molecular flexibility index (Phi) is 8.08. The van der Waals surface area contributed by atoms with E-state index < -0.39 is 5.97 Å². The molecule has 0 bridgehead atoms. The second-order valence-electron chi connectivity index (χ2n) is 8.07. The van der Waals surface area contributed by atoms with Crippen molar-refractivity contribution in [1.82, 2.24) is 15.5 Å². The van der Waals surface area contributed by atoms with Crippen LogP contribution in [0.2, 0.25) is 0 Å². The highest BCUT2D eigenvalue weighted by Gasteiger charge is 2.23. The van der Waals surface area contributed by atoms with Crippen LogP contribution in [0.5, 0.6) is 0 Å². The van der Waals surface area contributed by atoms with Crippen LogP contribution in [0.1, 0.15) is 88.3 Å². The number of nitrogens with zero attached hydrogens (tertiary/aromatic N) is 2. The summed E-state index contributed by atoms with van der Waals surface area (Å²) in [5, 5.41) is 16.7. The third kappa shape index (κ3) is 6.88. The fourth-order valence-corrected chi connectivity index (χ4v) is 4.29. The Hall–Kier alpha value is -1.47. The molecule has 2 heterocycles. The highest BCUT2D eigenvalue weighted by molar-refractivity contribution is 5.67. The average Bonchev–Trinajstić information content (AvgIpc) is 3.16. The molecular formula is C20H33N3O4. The molecule has 1 aliphatic carbocycles. The predicted molar refractivity (Wildman–Crippen MR) is 100 cm³/mol. The number of aliphatic carboxylic acids is 1. The van der Waals surface area contributed by atoms with E-state index in [-0.39, 0.29) is 12.3 Å². The average molecular weight is 380 g/mol. The largest absolute Gasteiger partial charge is 0.481 e. The molecule has 1 aromatic rings. The van der Waals surface area contributed by atoms with Gasteiger partial charge in [0, 0.05) is 18.6 Å². The number of hydrogen-bond donors (Lipinski definition) is 2. The molecule has 3 rings (SSSR count). The molecular weight excluding hydrogens is 346 g/mol. The Morgan fingerprint density at radius 2 is 2.07 bits per heavy atom. The summed E-state index contributed by atoms with van der Waals surface area (Å²) in [4.78, 5) is 15.7. The summed E-state index contributed by atoms with van der Waals surface area (Å²) in [7, 11) is 0. The monoisotopic (exact) mass is 379 g/mol. The van der Waals surface area contributed by atoms with Gasteiger partial charge < -0.3 is 19.7 Å². The third-order valence-electron chi connectivity index (χ3n) is 5.85. The van der Waals surface area contributed by atoms with Gasteiger partial charge in [-0.1, -0.05) is 50.1 Å². The minimum absolute atomic E-state index is 0.0518. The molecule has 1 saturated heterocycles. The second-order valence-corrected chi connectivity index (χ2v) is 8.07. The van der Waals surface area contributed by atoms with Crippen LogP contribution in [0.4, 0.5) is 0 Å². The lowest BCUT2D eigenvalue weighted by Crippen LogP contribution is -2.36. The number of hydrogen-bond acceptors (Lipinski definition) is 6. The van der Waals surface area contributed by atoms with E-state index in [2.05, 4.69) is 15.5 Å². The van der Waals surface area contributed by atoms with Crippen LogP contribution in [0, 0.1) is 5.92 Å². The molecule has 0 radical (unpaired) electrons. The smallest absolute Gasteiger partial charge is 0.304 e. The molecule has 2 aliphatic rings. The lowest BCUT2D eigenvalue weighted by Gasteiger charge is -2.22. The third-order valence-corrected chi connectivity index (χ3v) is 5.85. The summed E-state index contributed by atoms with van der Waals surface area (Å²) in [6, 6.07) is 0.325. The van der Waals surface area contributed by atoms with Crippen LogP contribution in [0.3, 0.4) is 0 Å². The maximum absolute atomic E-state index is 11.3. The Labute approximate surface area is 161 Å². The second kappa shape index (κ2) is 10.8. The summed E-state index contributed by atoms with van der Waals surface area (Å²) >= 11 is 0. The first-order valence-corrected chi connectivity index (χ1v) is 10.6. The minimum Gasteiger partial charge on any atom is -0.481 e.